The Morgan fingerprint density at radius 3 is 2.48 bits per heavy atom. The van der Waals surface area contributed by atoms with Crippen molar-refractivity contribution in [2.24, 2.45) is 23.2 Å². The van der Waals surface area contributed by atoms with Crippen molar-refractivity contribution < 1.29 is 18.7 Å². The van der Waals surface area contributed by atoms with E-state index in [1.54, 1.807) is 17.5 Å². The molecule has 0 saturated heterocycles. The predicted octanol–water partition coefficient (Wildman–Crippen LogP) is 6.61. The van der Waals surface area contributed by atoms with E-state index in [-0.39, 0.29) is 23.0 Å². The summed E-state index contributed by atoms with van der Waals surface area (Å²) in [6.45, 7) is 4.53. The lowest BCUT2D eigenvalue weighted by molar-refractivity contribution is -0.113. The molecule has 7 rings (SSSR count). The number of amides is 1. The van der Waals surface area contributed by atoms with Crippen molar-refractivity contribution >= 4 is 40.0 Å². The average Bonchev–Trinajstić information content (AvgIpc) is 3.50. The van der Waals surface area contributed by atoms with Crippen molar-refractivity contribution in [1.29, 1.82) is 0 Å². The molecule has 0 spiro atoms. The Kier molecular flexibility index (Phi) is 7.56. The van der Waals surface area contributed by atoms with Crippen LogP contribution in [0.2, 0.25) is 0 Å². The molecule has 4 aliphatic rings. The monoisotopic (exact) mass is 580 g/mol. The molecule has 0 unspecified atom stereocenters. The number of aromatic nitrogens is 3. The minimum atomic E-state index is -0.566. The van der Waals surface area contributed by atoms with Crippen LogP contribution in [-0.4, -0.2) is 39.5 Å². The van der Waals surface area contributed by atoms with Gasteiger partial charge in [-0.3, -0.25) is 4.79 Å². The van der Waals surface area contributed by atoms with Crippen molar-refractivity contribution in [3.05, 3.63) is 59.5 Å². The average molecular weight is 581 g/mol. The molecule has 3 aromatic rings. The Balaban J connectivity index is 1.15. The van der Waals surface area contributed by atoms with E-state index < -0.39 is 5.97 Å². The molecule has 210 valence electrons. The third-order valence-corrected chi connectivity index (χ3v) is 10.6. The van der Waals surface area contributed by atoms with Crippen molar-refractivity contribution in [3.63, 3.8) is 0 Å². The molecular formula is C30H33FN4O3S2. The number of benzene rings is 1. The predicted molar refractivity (Wildman–Crippen MR) is 155 cm³/mol. The zero-order chi connectivity index (χ0) is 27.9. The van der Waals surface area contributed by atoms with Crippen LogP contribution in [0.15, 0.2) is 47.5 Å². The maximum Gasteiger partial charge on any atom is 0.341 e. The Labute approximate surface area is 241 Å². The van der Waals surface area contributed by atoms with Gasteiger partial charge in [-0.1, -0.05) is 30.0 Å². The largest absolute Gasteiger partial charge is 0.465 e. The van der Waals surface area contributed by atoms with E-state index in [1.807, 2.05) is 6.08 Å². The van der Waals surface area contributed by atoms with E-state index in [9.17, 15) is 14.0 Å². The molecule has 4 saturated carbocycles. The van der Waals surface area contributed by atoms with Crippen LogP contribution in [0.3, 0.4) is 0 Å². The van der Waals surface area contributed by atoms with Crippen LogP contribution in [-0.2, 0) is 22.5 Å². The topological polar surface area (TPSA) is 86.1 Å². The number of thiophene rings is 1. The molecule has 4 aliphatic carbocycles. The SMILES string of the molecule is C=CCn1c(CC23CC4CC(CC(C4)C2)C3)nnc1SCC(=O)Nc1scc(-c2ccc(F)cc2)c1C(=O)OC. The van der Waals surface area contributed by atoms with Crippen molar-refractivity contribution in [1.82, 2.24) is 14.8 Å². The summed E-state index contributed by atoms with van der Waals surface area (Å²) in [5.74, 6) is 2.51. The fourth-order valence-electron chi connectivity index (χ4n) is 7.60. The molecule has 1 N–H and O–H groups in total. The summed E-state index contributed by atoms with van der Waals surface area (Å²) in [7, 11) is 1.29. The van der Waals surface area contributed by atoms with Gasteiger partial charge in [0.05, 0.1) is 12.9 Å². The van der Waals surface area contributed by atoms with Crippen LogP contribution in [0.5, 0.6) is 0 Å². The number of ether oxygens (including phenoxy) is 1. The Morgan fingerprint density at radius 2 is 1.85 bits per heavy atom. The second-order valence-electron chi connectivity index (χ2n) is 11.6. The van der Waals surface area contributed by atoms with Crippen LogP contribution in [0.1, 0.15) is 54.7 Å². The number of rotatable bonds is 10. The van der Waals surface area contributed by atoms with Crippen LogP contribution < -0.4 is 5.32 Å². The van der Waals surface area contributed by atoms with Gasteiger partial charge in [-0.15, -0.1) is 28.1 Å². The Hall–Kier alpha value is -2.98. The molecule has 40 heavy (non-hydrogen) atoms. The van der Waals surface area contributed by atoms with Gasteiger partial charge in [-0.25, -0.2) is 9.18 Å². The number of nitrogens with zero attached hydrogens (tertiary/aromatic N) is 3. The van der Waals surface area contributed by atoms with Gasteiger partial charge in [0, 0.05) is 23.9 Å². The lowest BCUT2D eigenvalue weighted by Crippen LogP contribution is -2.47. The molecule has 0 aliphatic heterocycles. The Bertz CT molecular complexity index is 1400. The molecule has 10 heteroatoms. The molecular weight excluding hydrogens is 547 g/mol. The van der Waals surface area contributed by atoms with Crippen molar-refractivity contribution in [2.45, 2.75) is 56.6 Å². The smallest absolute Gasteiger partial charge is 0.341 e. The number of methoxy groups -OCH3 is 1. The number of hydrogen-bond donors (Lipinski definition) is 1. The number of anilines is 1. The highest BCUT2D eigenvalue weighted by molar-refractivity contribution is 7.99. The second kappa shape index (κ2) is 11.1. The van der Waals surface area contributed by atoms with Crippen molar-refractivity contribution in [2.75, 3.05) is 18.2 Å². The molecule has 1 aromatic carbocycles. The molecule has 2 heterocycles. The number of allylic oxidation sites excluding steroid dienone is 1. The first-order chi connectivity index (χ1) is 19.4. The van der Waals surface area contributed by atoms with Gasteiger partial charge in [0.2, 0.25) is 5.91 Å². The fraction of sp³-hybridized carbons (Fsp3) is 0.467. The lowest BCUT2D eigenvalue weighted by atomic mass is 9.49. The zero-order valence-corrected chi connectivity index (χ0v) is 24.2. The van der Waals surface area contributed by atoms with Crippen LogP contribution in [0.4, 0.5) is 9.39 Å². The highest BCUT2D eigenvalue weighted by atomic mass is 32.2. The van der Waals surface area contributed by atoms with Gasteiger partial charge in [0.25, 0.3) is 0 Å². The van der Waals surface area contributed by atoms with Gasteiger partial charge in [-0.2, -0.15) is 0 Å². The van der Waals surface area contributed by atoms with Gasteiger partial charge in [0.1, 0.15) is 22.2 Å². The second-order valence-corrected chi connectivity index (χ2v) is 13.4. The third kappa shape index (κ3) is 5.35. The molecule has 0 atom stereocenters. The first kappa shape index (κ1) is 27.2. The standard InChI is InChI=1S/C30H33FN4O3S2/c1-3-8-35-24(15-30-12-18-9-19(13-30)11-20(10-18)14-30)33-34-29(35)40-17-25(36)32-27-26(28(37)38-2)23(16-39-27)21-4-6-22(31)7-5-21/h3-7,16,18-20H,1,8-15,17H2,2H3,(H,32,36). The van der Waals surface area contributed by atoms with Gasteiger partial charge < -0.3 is 14.6 Å². The first-order valence-corrected chi connectivity index (χ1v) is 15.6. The van der Waals surface area contributed by atoms with E-state index in [4.69, 9.17) is 4.74 Å². The van der Waals surface area contributed by atoms with Crippen molar-refractivity contribution in [3.8, 4) is 11.1 Å². The van der Waals surface area contributed by atoms with E-state index in [2.05, 4.69) is 26.7 Å². The van der Waals surface area contributed by atoms with E-state index in [0.717, 1.165) is 30.0 Å². The Morgan fingerprint density at radius 1 is 1.18 bits per heavy atom. The number of nitrogens with one attached hydrogen (secondary N) is 1. The lowest BCUT2D eigenvalue weighted by Gasteiger charge is -2.56. The number of halogens is 1. The molecule has 4 bridgehead atoms. The minimum Gasteiger partial charge on any atom is -0.465 e. The van der Waals surface area contributed by atoms with Gasteiger partial charge in [-0.05, 0) is 79.4 Å². The summed E-state index contributed by atoms with van der Waals surface area (Å²) < 4.78 is 20.5. The summed E-state index contributed by atoms with van der Waals surface area (Å²) in [4.78, 5) is 25.6. The number of thioether (sulfide) groups is 1. The summed E-state index contributed by atoms with van der Waals surface area (Å²) in [6, 6.07) is 5.86. The summed E-state index contributed by atoms with van der Waals surface area (Å²) in [5, 5.41) is 14.8. The first-order valence-electron chi connectivity index (χ1n) is 13.8. The normalized spacial score (nSPS) is 24.7. The highest BCUT2D eigenvalue weighted by Crippen LogP contribution is 2.61. The number of esters is 1. The number of carbonyl (C=O) groups excluding carboxylic acids is 2. The highest BCUT2D eigenvalue weighted by Gasteiger charge is 2.51. The number of hydrogen-bond acceptors (Lipinski definition) is 7. The molecule has 0 radical (unpaired) electrons. The van der Waals surface area contributed by atoms with E-state index in [1.165, 1.54) is 80.9 Å². The summed E-state index contributed by atoms with van der Waals surface area (Å²) in [5.41, 5.74) is 1.84. The van der Waals surface area contributed by atoms with Crippen LogP contribution >= 0.6 is 23.1 Å². The quantitative estimate of drug-likeness (QED) is 0.165. The van der Waals surface area contributed by atoms with Gasteiger partial charge >= 0.3 is 5.97 Å². The van der Waals surface area contributed by atoms with E-state index >= 15 is 0 Å². The van der Waals surface area contributed by atoms with Crippen LogP contribution in [0.25, 0.3) is 11.1 Å². The fourth-order valence-corrected chi connectivity index (χ4v) is 9.34. The molecule has 4 fully saturated rings. The minimum absolute atomic E-state index is 0.108. The maximum atomic E-state index is 13.4. The molecule has 7 nitrogen and oxygen atoms in total. The zero-order valence-electron chi connectivity index (χ0n) is 22.5. The van der Waals surface area contributed by atoms with Gasteiger partial charge in [0.15, 0.2) is 5.16 Å². The van der Waals surface area contributed by atoms with E-state index in [0.29, 0.717) is 33.2 Å². The third-order valence-electron chi connectivity index (χ3n) is 8.72. The molecule has 1 amide bonds. The van der Waals surface area contributed by atoms with Crippen LogP contribution in [0, 0.1) is 29.0 Å². The maximum absolute atomic E-state index is 13.4. The summed E-state index contributed by atoms with van der Waals surface area (Å²) >= 11 is 2.56. The number of carbonyl (C=O) groups is 2. The summed E-state index contributed by atoms with van der Waals surface area (Å²) in [6.07, 6.45) is 10.9. The molecule has 2 aromatic heterocycles.